The molecule has 4 nitrogen and oxygen atoms in total. The fourth-order valence-corrected chi connectivity index (χ4v) is 7.79. The molecule has 0 saturated carbocycles. The lowest BCUT2D eigenvalue weighted by Gasteiger charge is -2.38. The second kappa shape index (κ2) is 8.59. The molecular weight excluding hydrogens is 536 g/mol. The third-order valence-electron chi connectivity index (χ3n) is 9.45. The first kappa shape index (κ1) is 23.7. The predicted molar refractivity (Wildman–Crippen MR) is 176 cm³/mol. The van der Waals surface area contributed by atoms with E-state index in [1.807, 2.05) is 36.5 Å². The molecule has 1 spiro atoms. The molecule has 10 rings (SSSR count). The van der Waals surface area contributed by atoms with E-state index < -0.39 is 5.41 Å². The van der Waals surface area contributed by atoms with Gasteiger partial charge in [-0.3, -0.25) is 4.98 Å². The highest BCUT2D eigenvalue weighted by Crippen LogP contribution is 2.61. The van der Waals surface area contributed by atoms with Gasteiger partial charge in [-0.2, -0.15) is 0 Å². The first-order valence-corrected chi connectivity index (χ1v) is 15.0. The van der Waals surface area contributed by atoms with Gasteiger partial charge in [-0.1, -0.05) is 115 Å². The second-order valence-corrected chi connectivity index (χ2v) is 11.6. The minimum atomic E-state index is -0.650. The highest BCUT2D eigenvalue weighted by Gasteiger charge is 2.53. The van der Waals surface area contributed by atoms with E-state index in [4.69, 9.17) is 15.0 Å². The van der Waals surface area contributed by atoms with Crippen LogP contribution in [0.1, 0.15) is 22.4 Å². The van der Waals surface area contributed by atoms with Crippen LogP contribution in [-0.2, 0) is 5.41 Å². The van der Waals surface area contributed by atoms with Crippen LogP contribution in [0.4, 0.5) is 0 Å². The summed E-state index contributed by atoms with van der Waals surface area (Å²) in [5.74, 6) is 0.702. The molecule has 3 aromatic heterocycles. The molecular formula is C40H24N4. The zero-order valence-corrected chi connectivity index (χ0v) is 23.6. The number of rotatable bonds is 2. The Morgan fingerprint density at radius 2 is 1.27 bits per heavy atom. The molecule has 1 aliphatic heterocycles. The summed E-state index contributed by atoms with van der Waals surface area (Å²) in [6.45, 7) is 0. The van der Waals surface area contributed by atoms with Crippen LogP contribution in [0.15, 0.2) is 146 Å². The minimum Gasteiger partial charge on any atom is -0.309 e. The Labute approximate surface area is 254 Å². The lowest BCUT2D eigenvalue weighted by molar-refractivity contribution is 0.720. The van der Waals surface area contributed by atoms with Gasteiger partial charge in [0.2, 0.25) is 0 Å². The van der Waals surface area contributed by atoms with Crippen LogP contribution in [0, 0.1) is 0 Å². The van der Waals surface area contributed by atoms with Crippen molar-refractivity contribution in [3.8, 4) is 39.6 Å². The number of hydrogen-bond acceptors (Lipinski definition) is 3. The average Bonchev–Trinajstić information content (AvgIpc) is 3.59. The monoisotopic (exact) mass is 560 g/mol. The number of benzene rings is 5. The number of pyridine rings is 1. The molecule has 0 amide bonds. The molecule has 4 heteroatoms. The highest BCUT2D eigenvalue weighted by molar-refractivity contribution is 6.13. The fraction of sp³-hybridized carbons (Fsp3) is 0.0250. The molecule has 44 heavy (non-hydrogen) atoms. The van der Waals surface area contributed by atoms with Crippen molar-refractivity contribution < 1.29 is 0 Å². The molecule has 1 atom stereocenters. The molecule has 0 saturated heterocycles. The smallest absolute Gasteiger partial charge is 0.160 e. The summed E-state index contributed by atoms with van der Waals surface area (Å²) >= 11 is 0. The van der Waals surface area contributed by atoms with Crippen molar-refractivity contribution in [2.24, 2.45) is 0 Å². The van der Waals surface area contributed by atoms with Crippen LogP contribution in [0.25, 0.3) is 61.4 Å². The van der Waals surface area contributed by atoms with Crippen LogP contribution in [0.3, 0.4) is 0 Å². The summed E-state index contributed by atoms with van der Waals surface area (Å²) in [6.07, 6.45) is 1.84. The third-order valence-corrected chi connectivity index (χ3v) is 9.45. The van der Waals surface area contributed by atoms with E-state index in [2.05, 4.69) is 114 Å². The van der Waals surface area contributed by atoms with Gasteiger partial charge in [-0.05, 0) is 46.5 Å². The summed E-state index contributed by atoms with van der Waals surface area (Å²) in [6, 6.07) is 49.5. The number of aromatic nitrogens is 4. The fourth-order valence-electron chi connectivity index (χ4n) is 7.79. The predicted octanol–water partition coefficient (Wildman–Crippen LogP) is 8.98. The van der Waals surface area contributed by atoms with Gasteiger partial charge in [-0.25, -0.2) is 9.97 Å². The lowest BCUT2D eigenvalue weighted by Crippen LogP contribution is -2.34. The number of hydrogen-bond donors (Lipinski definition) is 0. The first-order chi connectivity index (χ1) is 21.9. The summed E-state index contributed by atoms with van der Waals surface area (Å²) in [7, 11) is 0. The number of para-hydroxylation sites is 3. The summed E-state index contributed by atoms with van der Waals surface area (Å²) in [4.78, 5) is 15.7. The Morgan fingerprint density at radius 1 is 0.545 bits per heavy atom. The maximum absolute atomic E-state index is 5.57. The Bertz CT molecular complexity index is 2440. The molecule has 0 N–H and O–H groups in total. The maximum Gasteiger partial charge on any atom is 0.160 e. The van der Waals surface area contributed by atoms with Gasteiger partial charge in [0, 0.05) is 28.1 Å². The van der Waals surface area contributed by atoms with E-state index in [0.717, 1.165) is 33.8 Å². The van der Waals surface area contributed by atoms with Crippen LogP contribution in [0.5, 0.6) is 0 Å². The van der Waals surface area contributed by atoms with Gasteiger partial charge in [0.05, 0.1) is 33.5 Å². The Morgan fingerprint density at radius 3 is 2.16 bits per heavy atom. The van der Waals surface area contributed by atoms with Crippen molar-refractivity contribution in [1.82, 2.24) is 19.5 Å². The Hall–Kier alpha value is -5.87. The van der Waals surface area contributed by atoms with E-state index in [-0.39, 0.29) is 0 Å². The molecule has 5 aromatic carbocycles. The number of nitrogens with zero attached hydrogens (tertiary/aromatic N) is 4. The molecule has 4 heterocycles. The zero-order chi connectivity index (χ0) is 28.8. The van der Waals surface area contributed by atoms with Crippen LogP contribution in [0.2, 0.25) is 0 Å². The molecule has 0 fully saturated rings. The zero-order valence-electron chi connectivity index (χ0n) is 23.6. The van der Waals surface area contributed by atoms with Crippen molar-refractivity contribution in [2.45, 2.75) is 5.41 Å². The molecule has 1 unspecified atom stereocenters. The molecule has 0 bridgehead atoms. The van der Waals surface area contributed by atoms with Crippen molar-refractivity contribution >= 4 is 21.8 Å². The van der Waals surface area contributed by atoms with Gasteiger partial charge in [0.15, 0.2) is 5.82 Å². The van der Waals surface area contributed by atoms with Gasteiger partial charge >= 0.3 is 0 Å². The summed E-state index contributed by atoms with van der Waals surface area (Å²) in [5, 5.41) is 2.50. The molecule has 8 aromatic rings. The van der Waals surface area contributed by atoms with Crippen molar-refractivity contribution in [1.29, 1.82) is 0 Å². The standard InChI is InChI=1S/C40H24N4/c1-2-13-25(14-3-1)39-42-36(32-21-10-11-24-41-32)35-28-16-4-6-18-29(28)40(38(35)43-39)30-19-7-9-23-34(30)44-33-22-8-5-15-26(33)27-17-12-20-31(40)37(27)44/h1-24H. The lowest BCUT2D eigenvalue weighted by atomic mass is 9.67. The minimum absolute atomic E-state index is 0.650. The quantitative estimate of drug-likeness (QED) is 0.212. The normalized spacial score (nSPS) is 15.8. The Balaban J connectivity index is 1.45. The van der Waals surface area contributed by atoms with E-state index in [0.29, 0.717) is 5.82 Å². The maximum atomic E-state index is 5.57. The van der Waals surface area contributed by atoms with Crippen LogP contribution >= 0.6 is 0 Å². The highest BCUT2D eigenvalue weighted by atomic mass is 15.0. The topological polar surface area (TPSA) is 43.6 Å². The molecule has 2 aliphatic rings. The van der Waals surface area contributed by atoms with Crippen LogP contribution < -0.4 is 0 Å². The van der Waals surface area contributed by atoms with Crippen molar-refractivity contribution in [2.75, 3.05) is 0 Å². The summed E-state index contributed by atoms with van der Waals surface area (Å²) < 4.78 is 2.46. The molecule has 0 radical (unpaired) electrons. The largest absolute Gasteiger partial charge is 0.309 e. The Kier molecular flexibility index (Phi) is 4.62. The van der Waals surface area contributed by atoms with E-state index in [9.17, 15) is 0 Å². The van der Waals surface area contributed by atoms with Crippen molar-refractivity contribution in [3.05, 3.63) is 168 Å². The van der Waals surface area contributed by atoms with Gasteiger partial charge in [-0.15, -0.1) is 0 Å². The first-order valence-electron chi connectivity index (χ1n) is 15.0. The average molecular weight is 561 g/mol. The SMILES string of the molecule is c1ccc(-c2nc(-c3ccccn3)c3c(n2)C2(c4ccccc4-3)c3ccccc3-n3c4ccccc4c4cccc2c43)cc1. The van der Waals surface area contributed by atoms with E-state index in [1.54, 1.807) is 0 Å². The van der Waals surface area contributed by atoms with Crippen molar-refractivity contribution in [3.63, 3.8) is 0 Å². The second-order valence-electron chi connectivity index (χ2n) is 11.6. The van der Waals surface area contributed by atoms with Crippen LogP contribution in [-0.4, -0.2) is 19.5 Å². The molecule has 1 aliphatic carbocycles. The van der Waals surface area contributed by atoms with Gasteiger partial charge < -0.3 is 4.57 Å². The summed E-state index contributed by atoms with van der Waals surface area (Å²) in [5.41, 5.74) is 12.5. The van der Waals surface area contributed by atoms with Gasteiger partial charge in [0.1, 0.15) is 5.69 Å². The van der Waals surface area contributed by atoms with E-state index in [1.165, 1.54) is 44.2 Å². The van der Waals surface area contributed by atoms with Gasteiger partial charge in [0.25, 0.3) is 0 Å². The third kappa shape index (κ3) is 2.85. The van der Waals surface area contributed by atoms with E-state index >= 15 is 0 Å². The molecule has 204 valence electrons. The number of fused-ring (bicyclic) bond motifs is 12.